The molecular weight excluding hydrogens is 428 g/mol. The number of benzene rings is 2. The van der Waals surface area contributed by atoms with Gasteiger partial charge in [-0.15, -0.1) is 0 Å². The molecule has 3 aliphatic carbocycles. The van der Waals surface area contributed by atoms with Crippen LogP contribution in [0.1, 0.15) is 72.0 Å². The number of carbonyl (C=O) groups excluding carboxylic acids is 1. The van der Waals surface area contributed by atoms with Gasteiger partial charge in [-0.1, -0.05) is 6.92 Å². The summed E-state index contributed by atoms with van der Waals surface area (Å²) in [4.78, 5) is 12.9. The largest absolute Gasteiger partial charge is 0.496 e. The van der Waals surface area contributed by atoms with Crippen molar-refractivity contribution in [3.05, 3.63) is 58.7 Å². The third-order valence-electron chi connectivity index (χ3n) is 9.10. The normalized spacial score (nSPS) is 31.1. The Balaban J connectivity index is 1.29. The summed E-state index contributed by atoms with van der Waals surface area (Å²) >= 11 is 0. The summed E-state index contributed by atoms with van der Waals surface area (Å²) in [7, 11) is 1.69. The van der Waals surface area contributed by atoms with E-state index in [1.807, 2.05) is 6.08 Å². The number of hydrogen-bond donors (Lipinski definition) is 1. The highest BCUT2D eigenvalue weighted by atomic mass is 16.7. The molecule has 178 valence electrons. The zero-order chi connectivity index (χ0) is 23.4. The second kappa shape index (κ2) is 8.16. The monoisotopic (exact) mass is 460 g/mol. The molecule has 1 aliphatic heterocycles. The standard InChI is InChI=1S/C29H32O5/c1-29-12-11-20-21(23(29)7-10-28(29)31)6-3-17-14-26(32-2)19(13-22(17)20)4-8-24(30)18-5-9-25-27(15-18)34-16-33-25/h4-5,8-9,13-15,20-21,23,28,31H,3,6-7,10-12,16H2,1-2H3/b8-4+/t20?,21?,23?,28-,29-/m0/s1. The van der Waals surface area contributed by atoms with E-state index in [4.69, 9.17) is 14.2 Å². The molecule has 2 aromatic carbocycles. The summed E-state index contributed by atoms with van der Waals surface area (Å²) in [5.74, 6) is 3.76. The number of carbonyl (C=O) groups is 1. The minimum absolute atomic E-state index is 0.0743. The Bertz CT molecular complexity index is 1170. The molecule has 6 rings (SSSR count). The Morgan fingerprint density at radius 2 is 1.97 bits per heavy atom. The number of methoxy groups -OCH3 is 1. The maximum atomic E-state index is 12.9. The van der Waals surface area contributed by atoms with Gasteiger partial charge in [0.1, 0.15) is 5.75 Å². The summed E-state index contributed by atoms with van der Waals surface area (Å²) in [6, 6.07) is 9.71. The van der Waals surface area contributed by atoms with Crippen molar-refractivity contribution in [2.45, 2.75) is 57.5 Å². The second-order valence-corrected chi connectivity index (χ2v) is 10.6. The van der Waals surface area contributed by atoms with Crippen molar-refractivity contribution >= 4 is 11.9 Å². The van der Waals surface area contributed by atoms with Crippen molar-refractivity contribution in [3.63, 3.8) is 0 Å². The highest BCUT2D eigenvalue weighted by molar-refractivity contribution is 6.07. The van der Waals surface area contributed by atoms with Gasteiger partial charge in [0.05, 0.1) is 13.2 Å². The Morgan fingerprint density at radius 3 is 2.82 bits per heavy atom. The number of hydrogen-bond acceptors (Lipinski definition) is 5. The fourth-order valence-electron chi connectivity index (χ4n) is 7.21. The lowest BCUT2D eigenvalue weighted by Gasteiger charge is -2.50. The van der Waals surface area contributed by atoms with Crippen LogP contribution in [0.15, 0.2) is 36.4 Å². The smallest absolute Gasteiger partial charge is 0.231 e. The SMILES string of the molecule is COc1cc2c(cc1/C=C/C(=O)c1ccc3c(c1)OCO3)C1CC[C@@]3(C)C(CC[C@@H]3O)C1CC2. The summed E-state index contributed by atoms with van der Waals surface area (Å²) in [6.07, 6.45) is 9.86. The van der Waals surface area contributed by atoms with Gasteiger partial charge in [0.15, 0.2) is 17.3 Å². The predicted molar refractivity (Wildman–Crippen MR) is 130 cm³/mol. The van der Waals surface area contributed by atoms with E-state index in [1.54, 1.807) is 31.4 Å². The lowest BCUT2D eigenvalue weighted by molar-refractivity contribution is -0.0226. The fraction of sp³-hybridized carbons (Fsp3) is 0.483. The molecule has 0 amide bonds. The van der Waals surface area contributed by atoms with E-state index < -0.39 is 0 Å². The average Bonchev–Trinajstić information content (AvgIpc) is 3.45. The van der Waals surface area contributed by atoms with Gasteiger partial charge in [0, 0.05) is 11.1 Å². The number of fused-ring (bicyclic) bond motifs is 6. The van der Waals surface area contributed by atoms with Crippen LogP contribution in [0.25, 0.3) is 6.08 Å². The number of aliphatic hydroxyl groups excluding tert-OH is 1. The first-order valence-corrected chi connectivity index (χ1v) is 12.5. The summed E-state index contributed by atoms with van der Waals surface area (Å²) < 4.78 is 16.5. The number of rotatable bonds is 4. The lowest BCUT2D eigenvalue weighted by atomic mass is 9.55. The molecule has 0 aromatic heterocycles. The molecule has 0 saturated heterocycles. The van der Waals surface area contributed by atoms with Gasteiger partial charge in [-0.3, -0.25) is 4.79 Å². The lowest BCUT2D eigenvalue weighted by Crippen LogP contribution is -2.43. The molecule has 2 saturated carbocycles. The highest BCUT2D eigenvalue weighted by Gasteiger charge is 2.54. The Labute approximate surface area is 200 Å². The second-order valence-electron chi connectivity index (χ2n) is 10.6. The molecule has 0 radical (unpaired) electrons. The fourth-order valence-corrected chi connectivity index (χ4v) is 7.21. The minimum Gasteiger partial charge on any atom is -0.496 e. The number of aryl methyl sites for hydroxylation is 1. The van der Waals surface area contributed by atoms with Gasteiger partial charge in [0.25, 0.3) is 0 Å². The first-order chi connectivity index (χ1) is 16.5. The van der Waals surface area contributed by atoms with Crippen molar-refractivity contribution in [2.24, 2.45) is 17.3 Å². The Hall–Kier alpha value is -2.79. The van der Waals surface area contributed by atoms with Crippen LogP contribution in [-0.2, 0) is 6.42 Å². The zero-order valence-corrected chi connectivity index (χ0v) is 19.9. The molecule has 5 atom stereocenters. The maximum absolute atomic E-state index is 12.9. The van der Waals surface area contributed by atoms with Crippen molar-refractivity contribution in [3.8, 4) is 17.2 Å². The van der Waals surface area contributed by atoms with Crippen LogP contribution in [0.4, 0.5) is 0 Å². The minimum atomic E-state index is -0.156. The van der Waals surface area contributed by atoms with Crippen LogP contribution >= 0.6 is 0 Å². The molecule has 3 unspecified atom stereocenters. The zero-order valence-electron chi connectivity index (χ0n) is 19.9. The topological polar surface area (TPSA) is 65.0 Å². The van der Waals surface area contributed by atoms with E-state index in [2.05, 4.69) is 19.1 Å². The molecule has 5 nitrogen and oxygen atoms in total. The van der Waals surface area contributed by atoms with E-state index in [1.165, 1.54) is 17.5 Å². The maximum Gasteiger partial charge on any atom is 0.231 e. The van der Waals surface area contributed by atoms with Crippen LogP contribution in [0.5, 0.6) is 17.2 Å². The van der Waals surface area contributed by atoms with Crippen molar-refractivity contribution in [1.82, 2.24) is 0 Å². The predicted octanol–water partition coefficient (Wildman–Crippen LogP) is 5.54. The molecule has 34 heavy (non-hydrogen) atoms. The van der Waals surface area contributed by atoms with Gasteiger partial charge in [-0.05, 0) is 115 Å². The van der Waals surface area contributed by atoms with Crippen LogP contribution in [0.3, 0.4) is 0 Å². The third-order valence-corrected chi connectivity index (χ3v) is 9.10. The van der Waals surface area contributed by atoms with Gasteiger partial charge in [-0.2, -0.15) is 0 Å². The van der Waals surface area contributed by atoms with E-state index in [9.17, 15) is 9.90 Å². The molecule has 2 fully saturated rings. The molecule has 0 bridgehead atoms. The molecule has 5 heteroatoms. The van der Waals surface area contributed by atoms with Crippen LogP contribution in [0, 0.1) is 17.3 Å². The van der Waals surface area contributed by atoms with Crippen LogP contribution in [0.2, 0.25) is 0 Å². The summed E-state index contributed by atoms with van der Waals surface area (Å²) in [5.41, 5.74) is 4.38. The summed E-state index contributed by atoms with van der Waals surface area (Å²) in [6.45, 7) is 2.50. The van der Waals surface area contributed by atoms with Gasteiger partial charge in [0.2, 0.25) is 6.79 Å². The van der Waals surface area contributed by atoms with E-state index in [0.29, 0.717) is 34.8 Å². The molecule has 0 spiro atoms. The Kier molecular flexibility index (Phi) is 5.21. The quantitative estimate of drug-likeness (QED) is 0.480. The van der Waals surface area contributed by atoms with Crippen LogP contribution in [-0.4, -0.2) is 30.9 Å². The van der Waals surface area contributed by atoms with Crippen molar-refractivity contribution in [1.29, 1.82) is 0 Å². The van der Waals surface area contributed by atoms with E-state index in [0.717, 1.165) is 43.4 Å². The number of ketones is 1. The average molecular weight is 461 g/mol. The molecule has 1 heterocycles. The Morgan fingerprint density at radius 1 is 1.12 bits per heavy atom. The van der Waals surface area contributed by atoms with Gasteiger partial charge < -0.3 is 19.3 Å². The first kappa shape index (κ1) is 21.7. The number of aliphatic hydroxyl groups is 1. The number of ether oxygens (including phenoxy) is 3. The third kappa shape index (κ3) is 3.36. The van der Waals surface area contributed by atoms with Crippen molar-refractivity contribution < 1.29 is 24.1 Å². The highest BCUT2D eigenvalue weighted by Crippen LogP contribution is 2.61. The molecule has 2 aromatic rings. The number of allylic oxidation sites excluding steroid dienone is 1. The molecule has 4 aliphatic rings. The first-order valence-electron chi connectivity index (χ1n) is 12.5. The van der Waals surface area contributed by atoms with E-state index in [-0.39, 0.29) is 24.1 Å². The summed E-state index contributed by atoms with van der Waals surface area (Å²) in [5, 5.41) is 10.7. The molecular formula is C29H32O5. The van der Waals surface area contributed by atoms with Gasteiger partial charge in [-0.25, -0.2) is 0 Å². The van der Waals surface area contributed by atoms with E-state index >= 15 is 0 Å². The molecule has 1 N–H and O–H groups in total. The van der Waals surface area contributed by atoms with Gasteiger partial charge >= 0.3 is 0 Å². The van der Waals surface area contributed by atoms with Crippen molar-refractivity contribution in [2.75, 3.05) is 13.9 Å². The van der Waals surface area contributed by atoms with Crippen LogP contribution < -0.4 is 14.2 Å².